The second-order valence-corrected chi connectivity index (χ2v) is 10.2. The fourth-order valence-corrected chi connectivity index (χ4v) is 4.77. The number of carbonyl (C=O) groups excluding carboxylic acids is 4. The molecule has 2 saturated heterocycles. The zero-order valence-corrected chi connectivity index (χ0v) is 23.5. The third-order valence-corrected chi connectivity index (χ3v) is 7.05. The molecular weight excluding hydrogens is 559 g/mol. The van der Waals surface area contributed by atoms with Gasteiger partial charge in [-0.1, -0.05) is 60.7 Å². The van der Waals surface area contributed by atoms with Crippen molar-refractivity contribution in [1.29, 1.82) is 0 Å². The van der Waals surface area contributed by atoms with Gasteiger partial charge < -0.3 is 24.4 Å². The second kappa shape index (κ2) is 13.2. The van der Waals surface area contributed by atoms with Gasteiger partial charge in [0.15, 0.2) is 0 Å². The van der Waals surface area contributed by atoms with Crippen LogP contribution in [0, 0.1) is 5.82 Å². The fraction of sp³-hybridized carbons (Fsp3) is 0.290. The topological polar surface area (TPSA) is 118 Å². The molecule has 2 aliphatic rings. The molecule has 224 valence electrons. The molecule has 11 nitrogen and oxygen atoms in total. The van der Waals surface area contributed by atoms with E-state index in [9.17, 15) is 19.2 Å². The maximum atomic E-state index is 15.6. The molecule has 3 aromatic rings. The number of hydrogen-bond donors (Lipinski definition) is 1. The van der Waals surface area contributed by atoms with E-state index in [1.54, 1.807) is 12.1 Å². The smallest absolute Gasteiger partial charge is 0.415 e. The van der Waals surface area contributed by atoms with E-state index >= 15 is 4.39 Å². The molecule has 0 spiro atoms. The summed E-state index contributed by atoms with van der Waals surface area (Å²) >= 11 is 0. The molecule has 4 amide bonds. The number of rotatable bonds is 9. The van der Waals surface area contributed by atoms with Gasteiger partial charge in [0.1, 0.15) is 25.1 Å². The minimum atomic E-state index is -0.784. The Balaban J connectivity index is 1.28. The van der Waals surface area contributed by atoms with E-state index in [2.05, 4.69) is 5.32 Å². The quantitative estimate of drug-likeness (QED) is 0.366. The third kappa shape index (κ3) is 7.21. The van der Waals surface area contributed by atoms with Crippen LogP contribution < -0.4 is 15.1 Å². The largest absolute Gasteiger partial charge is 0.445 e. The number of amides is 4. The standard InChI is InChI=1S/C31H31FN4O7/c1-21(37)33-15-26-18-35(30(39)43-26)24-12-13-28(27(32)14-24)36(31(40)42-20-23-10-6-3-7-11-23)25-16-34(17-25)29(38)41-19-22-8-4-2-5-9-22/h2-14,25-26H,15-20H2,1H3,(H,33,37). The Morgan fingerprint density at radius 3 is 2.16 bits per heavy atom. The second-order valence-electron chi connectivity index (χ2n) is 10.2. The number of likely N-dealkylation sites (tertiary alicyclic amines) is 1. The van der Waals surface area contributed by atoms with Crippen molar-refractivity contribution in [3.63, 3.8) is 0 Å². The number of ether oxygens (including phenoxy) is 3. The molecule has 1 unspecified atom stereocenters. The van der Waals surface area contributed by atoms with Gasteiger partial charge in [0, 0.05) is 20.0 Å². The molecular formula is C31H31FN4O7. The number of nitrogens with one attached hydrogen (secondary N) is 1. The fourth-order valence-electron chi connectivity index (χ4n) is 4.77. The van der Waals surface area contributed by atoms with E-state index in [1.807, 2.05) is 48.5 Å². The van der Waals surface area contributed by atoms with Crippen LogP contribution in [0.15, 0.2) is 78.9 Å². The lowest BCUT2D eigenvalue weighted by Crippen LogP contribution is -2.63. The summed E-state index contributed by atoms with van der Waals surface area (Å²) in [5.74, 6) is -1.03. The lowest BCUT2D eigenvalue weighted by molar-refractivity contribution is -0.119. The van der Waals surface area contributed by atoms with Crippen LogP contribution in [-0.4, -0.2) is 67.4 Å². The highest BCUT2D eigenvalue weighted by atomic mass is 19.1. The summed E-state index contributed by atoms with van der Waals surface area (Å²) in [6.45, 7) is 1.89. The average Bonchev–Trinajstić information content (AvgIpc) is 3.37. The molecule has 2 fully saturated rings. The molecule has 2 heterocycles. The highest BCUT2D eigenvalue weighted by Gasteiger charge is 2.41. The normalized spacial score (nSPS) is 16.2. The van der Waals surface area contributed by atoms with E-state index in [1.165, 1.54) is 33.8 Å². The number of benzene rings is 3. The Kier molecular flexibility index (Phi) is 9.04. The molecule has 0 radical (unpaired) electrons. The monoisotopic (exact) mass is 590 g/mol. The van der Waals surface area contributed by atoms with Crippen molar-refractivity contribution in [1.82, 2.24) is 10.2 Å². The van der Waals surface area contributed by atoms with Crippen LogP contribution in [0.2, 0.25) is 0 Å². The first-order chi connectivity index (χ1) is 20.8. The molecule has 1 N–H and O–H groups in total. The summed E-state index contributed by atoms with van der Waals surface area (Å²) < 4.78 is 31.8. The van der Waals surface area contributed by atoms with Gasteiger partial charge >= 0.3 is 18.3 Å². The SMILES string of the molecule is CC(=O)NCC1CN(c2ccc(N(C(=O)OCc3ccccc3)C3CN(C(=O)OCc4ccccc4)C3)c(F)c2)C(=O)O1. The summed E-state index contributed by atoms with van der Waals surface area (Å²) in [6, 6.07) is 21.8. The first kappa shape index (κ1) is 29.4. The van der Waals surface area contributed by atoms with Crippen LogP contribution >= 0.6 is 0 Å². The number of nitrogens with zero attached hydrogens (tertiary/aromatic N) is 3. The maximum Gasteiger partial charge on any atom is 0.415 e. The molecule has 5 rings (SSSR count). The van der Waals surface area contributed by atoms with Crippen LogP contribution in [0.3, 0.4) is 0 Å². The molecule has 0 aromatic heterocycles. The Morgan fingerprint density at radius 2 is 1.56 bits per heavy atom. The predicted molar refractivity (Wildman–Crippen MR) is 154 cm³/mol. The molecule has 2 aliphatic heterocycles. The first-order valence-corrected chi connectivity index (χ1v) is 13.8. The average molecular weight is 591 g/mol. The Bertz CT molecular complexity index is 1470. The summed E-state index contributed by atoms with van der Waals surface area (Å²) in [5.41, 5.74) is 1.76. The lowest BCUT2D eigenvalue weighted by Gasteiger charge is -2.43. The molecule has 0 aliphatic carbocycles. The maximum absolute atomic E-state index is 15.6. The van der Waals surface area contributed by atoms with E-state index < -0.39 is 36.2 Å². The number of halogens is 1. The van der Waals surface area contributed by atoms with E-state index in [4.69, 9.17) is 14.2 Å². The van der Waals surface area contributed by atoms with Crippen LogP contribution in [0.5, 0.6) is 0 Å². The zero-order valence-electron chi connectivity index (χ0n) is 23.5. The molecule has 3 aromatic carbocycles. The molecule has 12 heteroatoms. The minimum Gasteiger partial charge on any atom is -0.445 e. The van der Waals surface area contributed by atoms with Crippen molar-refractivity contribution in [3.05, 3.63) is 95.8 Å². The summed E-state index contributed by atoms with van der Waals surface area (Å²) in [6.07, 6.45) is -2.60. The Hall–Kier alpha value is -5.13. The summed E-state index contributed by atoms with van der Waals surface area (Å²) in [4.78, 5) is 53.4. The highest BCUT2D eigenvalue weighted by molar-refractivity contribution is 5.92. The van der Waals surface area contributed by atoms with Gasteiger partial charge in [-0.2, -0.15) is 0 Å². The van der Waals surface area contributed by atoms with Crippen molar-refractivity contribution in [2.24, 2.45) is 0 Å². The van der Waals surface area contributed by atoms with Gasteiger partial charge in [-0.05, 0) is 29.3 Å². The van der Waals surface area contributed by atoms with Crippen LogP contribution in [-0.2, 0) is 32.2 Å². The predicted octanol–water partition coefficient (Wildman–Crippen LogP) is 4.45. The first-order valence-electron chi connectivity index (χ1n) is 13.8. The van der Waals surface area contributed by atoms with Crippen LogP contribution in [0.1, 0.15) is 18.1 Å². The highest BCUT2D eigenvalue weighted by Crippen LogP contribution is 2.32. The van der Waals surface area contributed by atoms with Crippen LogP contribution in [0.25, 0.3) is 0 Å². The third-order valence-electron chi connectivity index (χ3n) is 7.05. The lowest BCUT2D eigenvalue weighted by atomic mass is 10.1. The van der Waals surface area contributed by atoms with E-state index in [-0.39, 0.29) is 56.7 Å². The number of carbonyl (C=O) groups is 4. The van der Waals surface area contributed by atoms with E-state index in [0.717, 1.165) is 17.2 Å². The number of cyclic esters (lactones) is 1. The minimum absolute atomic E-state index is 0.0271. The number of anilines is 2. The van der Waals surface area contributed by atoms with Gasteiger partial charge in [0.05, 0.1) is 30.5 Å². The Morgan fingerprint density at radius 1 is 0.930 bits per heavy atom. The van der Waals surface area contributed by atoms with Crippen molar-refractivity contribution >= 4 is 35.6 Å². The van der Waals surface area contributed by atoms with Crippen molar-refractivity contribution in [2.45, 2.75) is 32.3 Å². The van der Waals surface area contributed by atoms with Crippen molar-refractivity contribution in [3.8, 4) is 0 Å². The van der Waals surface area contributed by atoms with Gasteiger partial charge in [-0.3, -0.25) is 14.6 Å². The van der Waals surface area contributed by atoms with Crippen molar-refractivity contribution < 1.29 is 37.8 Å². The zero-order chi connectivity index (χ0) is 30.3. The molecule has 1 atom stereocenters. The van der Waals surface area contributed by atoms with Crippen LogP contribution in [0.4, 0.5) is 30.1 Å². The van der Waals surface area contributed by atoms with Gasteiger partial charge in [-0.15, -0.1) is 0 Å². The number of hydrogen-bond acceptors (Lipinski definition) is 7. The molecule has 0 saturated carbocycles. The van der Waals surface area contributed by atoms with E-state index in [0.29, 0.717) is 0 Å². The Labute approximate surface area is 247 Å². The van der Waals surface area contributed by atoms with Crippen molar-refractivity contribution in [2.75, 3.05) is 36.0 Å². The van der Waals surface area contributed by atoms with Gasteiger partial charge in [0.25, 0.3) is 0 Å². The van der Waals surface area contributed by atoms with Gasteiger partial charge in [0.2, 0.25) is 5.91 Å². The summed E-state index contributed by atoms with van der Waals surface area (Å²) in [7, 11) is 0. The molecule has 0 bridgehead atoms. The van der Waals surface area contributed by atoms with Gasteiger partial charge in [-0.25, -0.2) is 18.8 Å². The molecule has 43 heavy (non-hydrogen) atoms. The summed E-state index contributed by atoms with van der Waals surface area (Å²) in [5, 5.41) is 2.59.